The van der Waals surface area contributed by atoms with E-state index in [0.717, 1.165) is 55.4 Å². The van der Waals surface area contributed by atoms with E-state index < -0.39 is 16.1 Å². The number of hydrogen-bond acceptors (Lipinski definition) is 9. The molecule has 0 atom stereocenters. The number of fused-ring (bicyclic) bond motifs is 1. The second kappa shape index (κ2) is 14.7. The molecule has 2 N–H and O–H groups in total. The summed E-state index contributed by atoms with van der Waals surface area (Å²) in [6, 6.07) is 13.5. The van der Waals surface area contributed by atoms with Crippen LogP contribution in [0.5, 0.6) is 0 Å². The minimum absolute atomic E-state index is 0.0572. The molecule has 0 saturated carbocycles. The predicted molar refractivity (Wildman–Crippen MR) is 201 cm³/mol. The monoisotopic (exact) mass is 747 g/mol. The molecule has 15 heteroatoms. The number of nitrogens with one attached hydrogen (secondary N) is 2. The average Bonchev–Trinajstić information content (AvgIpc) is 3.44. The van der Waals surface area contributed by atoms with Gasteiger partial charge in [-0.2, -0.15) is 9.40 Å². The number of sulfonamides is 1. The van der Waals surface area contributed by atoms with Crippen molar-refractivity contribution in [3.8, 4) is 0 Å². The summed E-state index contributed by atoms with van der Waals surface area (Å²) >= 11 is 5.89. The van der Waals surface area contributed by atoms with E-state index in [0.29, 0.717) is 60.1 Å². The Morgan fingerprint density at radius 3 is 2.40 bits per heavy atom. The zero-order valence-electron chi connectivity index (χ0n) is 29.9. The smallest absolute Gasteiger partial charge is 0.329 e. The number of aryl methyl sites for hydroxylation is 1. The van der Waals surface area contributed by atoms with Gasteiger partial charge in [0.15, 0.2) is 5.82 Å². The zero-order valence-corrected chi connectivity index (χ0v) is 31.5. The second-order valence-electron chi connectivity index (χ2n) is 15.1. The molecule has 52 heavy (non-hydrogen) atoms. The van der Waals surface area contributed by atoms with Crippen LogP contribution in [0.25, 0.3) is 10.9 Å². The number of piperidine rings is 2. The van der Waals surface area contributed by atoms with Crippen molar-refractivity contribution in [1.29, 1.82) is 0 Å². The van der Waals surface area contributed by atoms with Crippen LogP contribution in [-0.2, 0) is 28.3 Å². The first-order valence-electron chi connectivity index (χ1n) is 18.0. The minimum atomic E-state index is -3.62. The number of benzene rings is 2. The highest BCUT2D eigenvalue weighted by Gasteiger charge is 2.32. The van der Waals surface area contributed by atoms with Gasteiger partial charge in [0, 0.05) is 51.1 Å². The number of rotatable bonds is 10. The number of imide groups is 1. The molecule has 0 bridgehead atoms. The van der Waals surface area contributed by atoms with Gasteiger partial charge in [-0.1, -0.05) is 43.6 Å². The SMILES string of the molecule is Cn1nc(N2CCC(=O)NC2=O)c2ccc(C3CCN(CC(C)(C)Cc4cccc(S(=O)(=O)N5CCC(Nc6ncc(Cl)cn6)CC5)c4)CC3)cc21. The van der Waals surface area contributed by atoms with Gasteiger partial charge in [-0.05, 0) is 91.9 Å². The van der Waals surface area contributed by atoms with E-state index in [2.05, 4.69) is 62.6 Å². The molecule has 3 saturated heterocycles. The third kappa shape index (κ3) is 7.94. The molecule has 7 rings (SSSR count). The Bertz CT molecular complexity index is 2050. The first-order chi connectivity index (χ1) is 24.8. The Labute approximate surface area is 309 Å². The van der Waals surface area contributed by atoms with Gasteiger partial charge < -0.3 is 10.2 Å². The van der Waals surface area contributed by atoms with Crippen LogP contribution in [-0.4, -0.2) is 94.6 Å². The minimum Gasteiger partial charge on any atom is -0.351 e. The average molecular weight is 748 g/mol. The van der Waals surface area contributed by atoms with Crippen LogP contribution in [0.15, 0.2) is 59.8 Å². The molecule has 3 aliphatic rings. The van der Waals surface area contributed by atoms with Crippen LogP contribution in [0.4, 0.5) is 16.6 Å². The van der Waals surface area contributed by atoms with Gasteiger partial charge in [0.25, 0.3) is 0 Å². The van der Waals surface area contributed by atoms with Crippen LogP contribution in [0, 0.1) is 5.41 Å². The van der Waals surface area contributed by atoms with E-state index in [1.807, 2.05) is 29.9 Å². The van der Waals surface area contributed by atoms with Crippen molar-refractivity contribution < 1.29 is 18.0 Å². The predicted octanol–water partition coefficient (Wildman–Crippen LogP) is 5.18. The molecule has 3 amide bonds. The lowest BCUT2D eigenvalue weighted by atomic mass is 9.83. The van der Waals surface area contributed by atoms with Crippen LogP contribution in [0.2, 0.25) is 5.02 Å². The number of amides is 3. The second-order valence-corrected chi connectivity index (χ2v) is 17.4. The highest BCUT2D eigenvalue weighted by atomic mass is 35.5. The summed E-state index contributed by atoms with van der Waals surface area (Å²) in [7, 11) is -1.73. The Kier molecular flexibility index (Phi) is 10.3. The lowest BCUT2D eigenvalue weighted by Gasteiger charge is -2.38. The summed E-state index contributed by atoms with van der Waals surface area (Å²) in [5, 5.41) is 11.7. The molecule has 2 aromatic carbocycles. The van der Waals surface area contributed by atoms with E-state index in [4.69, 9.17) is 11.6 Å². The molecule has 0 radical (unpaired) electrons. The van der Waals surface area contributed by atoms with Gasteiger partial charge in [0.2, 0.25) is 21.9 Å². The lowest BCUT2D eigenvalue weighted by Crippen LogP contribution is -2.49. The topological polar surface area (TPSA) is 146 Å². The molecule has 2 aromatic heterocycles. The van der Waals surface area contributed by atoms with E-state index in [1.54, 1.807) is 27.7 Å². The molecular weight excluding hydrogens is 702 g/mol. The number of carbonyl (C=O) groups is 2. The van der Waals surface area contributed by atoms with E-state index in [1.165, 1.54) is 5.56 Å². The fourth-order valence-corrected chi connectivity index (χ4v) is 9.53. The molecule has 5 heterocycles. The van der Waals surface area contributed by atoms with Gasteiger partial charge in [-0.25, -0.2) is 23.2 Å². The number of urea groups is 1. The largest absolute Gasteiger partial charge is 0.351 e. The van der Waals surface area contributed by atoms with Crippen LogP contribution < -0.4 is 15.5 Å². The van der Waals surface area contributed by atoms with Crippen molar-refractivity contribution in [1.82, 2.24) is 34.3 Å². The number of aromatic nitrogens is 4. The van der Waals surface area contributed by atoms with E-state index in [9.17, 15) is 18.0 Å². The number of halogens is 1. The van der Waals surface area contributed by atoms with E-state index in [-0.39, 0.29) is 23.8 Å². The van der Waals surface area contributed by atoms with E-state index >= 15 is 0 Å². The summed E-state index contributed by atoms with van der Waals surface area (Å²) < 4.78 is 30.8. The number of likely N-dealkylation sites (tertiary alicyclic amines) is 1. The van der Waals surface area contributed by atoms with Gasteiger partial charge >= 0.3 is 6.03 Å². The summed E-state index contributed by atoms with van der Waals surface area (Å²) in [5.74, 6) is 1.23. The molecular formula is C37H46ClN9O4S. The van der Waals surface area contributed by atoms with Crippen molar-refractivity contribution >= 4 is 56.2 Å². The first-order valence-corrected chi connectivity index (χ1v) is 19.8. The fraction of sp³-hybridized carbons (Fsp3) is 0.486. The molecule has 276 valence electrons. The van der Waals surface area contributed by atoms with Crippen molar-refractivity contribution in [3.05, 3.63) is 71.0 Å². The van der Waals surface area contributed by atoms with Crippen molar-refractivity contribution in [2.45, 2.75) is 69.2 Å². The summed E-state index contributed by atoms with van der Waals surface area (Å²) in [5.41, 5.74) is 3.21. The Morgan fingerprint density at radius 1 is 0.962 bits per heavy atom. The maximum absolute atomic E-state index is 13.7. The molecule has 0 spiro atoms. The van der Waals surface area contributed by atoms with Crippen molar-refractivity contribution in [2.75, 3.05) is 49.5 Å². The molecule has 3 aliphatic heterocycles. The highest BCUT2D eigenvalue weighted by Crippen LogP contribution is 2.35. The summed E-state index contributed by atoms with van der Waals surface area (Å²) in [4.78, 5) is 37.0. The zero-order chi connectivity index (χ0) is 36.6. The maximum atomic E-state index is 13.7. The first kappa shape index (κ1) is 36.3. The van der Waals surface area contributed by atoms with Crippen molar-refractivity contribution in [2.24, 2.45) is 12.5 Å². The Hall–Kier alpha value is -4.11. The highest BCUT2D eigenvalue weighted by molar-refractivity contribution is 7.89. The third-order valence-corrected chi connectivity index (χ3v) is 12.6. The van der Waals surface area contributed by atoms with Gasteiger partial charge in [-0.15, -0.1) is 0 Å². The molecule has 0 unspecified atom stereocenters. The Balaban J connectivity index is 0.926. The van der Waals surface area contributed by atoms with Crippen molar-refractivity contribution in [3.63, 3.8) is 0 Å². The molecule has 3 fully saturated rings. The fourth-order valence-electron chi connectivity index (χ4n) is 7.89. The normalized spacial score (nSPS) is 19.0. The van der Waals surface area contributed by atoms with Crippen LogP contribution >= 0.6 is 11.6 Å². The number of carbonyl (C=O) groups excluding carboxylic acids is 2. The summed E-state index contributed by atoms with van der Waals surface area (Å²) in [6.45, 7) is 8.57. The summed E-state index contributed by atoms with van der Waals surface area (Å²) in [6.07, 6.45) is 7.51. The number of hydrogen-bond donors (Lipinski definition) is 2. The molecule has 4 aromatic rings. The van der Waals surface area contributed by atoms with Gasteiger partial charge in [-0.3, -0.25) is 19.7 Å². The number of nitrogens with zero attached hydrogens (tertiary/aromatic N) is 7. The standard InChI is InChI=1S/C37H46ClN9O4S/c1-37(2,21-25-5-4-6-30(19-25)52(50,51)46-16-11-29(12-17-46)41-35-39-22-28(38)23-40-35)24-45-14-9-26(10-15-45)27-7-8-31-32(20-27)44(3)43-34(31)47-18-13-33(48)42-36(47)49/h4-8,19-20,22-23,26,29H,9-18,21,24H2,1-3H3,(H,39,40,41)(H,42,48,49). The molecule has 0 aliphatic carbocycles. The molecule has 13 nitrogen and oxygen atoms in total. The number of anilines is 2. The quantitative estimate of drug-likeness (QED) is 0.224. The lowest BCUT2D eigenvalue weighted by molar-refractivity contribution is -0.120. The van der Waals surface area contributed by atoms with Gasteiger partial charge in [0.05, 0.1) is 27.8 Å². The van der Waals surface area contributed by atoms with Gasteiger partial charge in [0.1, 0.15) is 0 Å². The maximum Gasteiger partial charge on any atom is 0.329 e. The van der Waals surface area contributed by atoms with Crippen LogP contribution in [0.3, 0.4) is 0 Å². The third-order valence-electron chi connectivity index (χ3n) is 10.5. The Morgan fingerprint density at radius 2 is 1.69 bits per heavy atom. The van der Waals surface area contributed by atoms with Crippen LogP contribution in [0.1, 0.15) is 63.0 Å².